The maximum Gasteiger partial charge on any atom is 0.307 e. The van der Waals surface area contributed by atoms with Crippen LogP contribution in [0.2, 0.25) is 0 Å². The molecule has 1 aliphatic carbocycles. The summed E-state index contributed by atoms with van der Waals surface area (Å²) in [6.07, 6.45) is 4.36. The molecule has 1 saturated heterocycles. The zero-order valence-electron chi connectivity index (χ0n) is 13.9. The molecule has 1 amide bonds. The van der Waals surface area contributed by atoms with E-state index in [2.05, 4.69) is 5.32 Å². The number of carbonyl (C=O) groups excluding carboxylic acids is 2. The number of methoxy groups -OCH3 is 1. The number of nitrogens with zero attached hydrogens (tertiary/aromatic N) is 1. The minimum absolute atomic E-state index is 0.0567. The minimum atomic E-state index is -0.715. The summed E-state index contributed by atoms with van der Waals surface area (Å²) in [6, 6.07) is 3.98. The summed E-state index contributed by atoms with van der Waals surface area (Å²) in [5, 5.41) is 13.6. The van der Waals surface area contributed by atoms with Crippen molar-refractivity contribution in [3.05, 3.63) is 28.3 Å². The van der Waals surface area contributed by atoms with Gasteiger partial charge in [-0.2, -0.15) is 0 Å². The number of nitrogens with one attached hydrogen (secondary N) is 1. The van der Waals surface area contributed by atoms with E-state index < -0.39 is 16.4 Å². The van der Waals surface area contributed by atoms with Crippen molar-refractivity contribution in [3.8, 4) is 5.75 Å². The Kier molecular flexibility index (Phi) is 4.61. The molecule has 8 nitrogen and oxygen atoms in total. The summed E-state index contributed by atoms with van der Waals surface area (Å²) in [4.78, 5) is 34.9. The van der Waals surface area contributed by atoms with Crippen LogP contribution in [0, 0.1) is 16.0 Å². The first kappa shape index (κ1) is 17.2. The smallest absolute Gasteiger partial charge is 0.307 e. The SMILES string of the molecule is COc1cc([N+](=O)[O-])ccc1NC(=O)[C@@H]1CC(=O)OC12CCCCC2. The van der Waals surface area contributed by atoms with E-state index in [1.807, 2.05) is 0 Å². The van der Waals surface area contributed by atoms with Crippen LogP contribution >= 0.6 is 0 Å². The normalized spacial score (nSPS) is 21.6. The van der Waals surface area contributed by atoms with Gasteiger partial charge in [-0.15, -0.1) is 0 Å². The van der Waals surface area contributed by atoms with Crippen molar-refractivity contribution in [2.24, 2.45) is 5.92 Å². The van der Waals surface area contributed by atoms with Crippen molar-refractivity contribution < 1.29 is 24.0 Å². The van der Waals surface area contributed by atoms with Crippen LogP contribution in [0.25, 0.3) is 0 Å². The highest BCUT2D eigenvalue weighted by Crippen LogP contribution is 2.45. The summed E-state index contributed by atoms with van der Waals surface area (Å²) in [5.74, 6) is -1.02. The van der Waals surface area contributed by atoms with Crippen LogP contribution in [0.4, 0.5) is 11.4 Å². The van der Waals surface area contributed by atoms with Gasteiger partial charge in [0.2, 0.25) is 5.91 Å². The standard InChI is InChI=1S/C17H20N2O6/c1-24-14-9-11(19(22)23)5-6-13(14)18-16(21)12-10-15(20)25-17(12)7-3-2-4-8-17/h5-6,9,12H,2-4,7-8,10H2,1H3,(H,18,21)/t12-/m0/s1. The average Bonchev–Trinajstić information content (AvgIpc) is 2.91. The zero-order valence-corrected chi connectivity index (χ0v) is 13.9. The molecule has 25 heavy (non-hydrogen) atoms. The first-order valence-corrected chi connectivity index (χ1v) is 8.30. The van der Waals surface area contributed by atoms with E-state index in [1.54, 1.807) is 0 Å². The maximum absolute atomic E-state index is 12.8. The topological polar surface area (TPSA) is 108 Å². The van der Waals surface area contributed by atoms with Gasteiger partial charge in [-0.1, -0.05) is 6.42 Å². The number of ether oxygens (including phenoxy) is 2. The number of hydrogen-bond acceptors (Lipinski definition) is 6. The Morgan fingerprint density at radius 1 is 1.36 bits per heavy atom. The molecular formula is C17H20N2O6. The van der Waals surface area contributed by atoms with Crippen LogP contribution in [0.15, 0.2) is 18.2 Å². The van der Waals surface area contributed by atoms with Gasteiger partial charge in [-0.3, -0.25) is 19.7 Å². The lowest BCUT2D eigenvalue weighted by Crippen LogP contribution is -2.43. The molecule has 1 aromatic rings. The number of nitro benzene ring substituents is 1. The molecular weight excluding hydrogens is 328 g/mol. The van der Waals surface area contributed by atoms with Gasteiger partial charge in [-0.25, -0.2) is 0 Å². The van der Waals surface area contributed by atoms with Gasteiger partial charge in [0.1, 0.15) is 11.4 Å². The van der Waals surface area contributed by atoms with Crippen molar-refractivity contribution in [3.63, 3.8) is 0 Å². The quantitative estimate of drug-likeness (QED) is 0.509. The fourth-order valence-electron chi connectivity index (χ4n) is 3.74. The third-order valence-electron chi connectivity index (χ3n) is 4.99. The number of carbonyl (C=O) groups is 2. The van der Waals surface area contributed by atoms with Crippen molar-refractivity contribution in [1.29, 1.82) is 0 Å². The summed E-state index contributed by atoms with van der Waals surface area (Å²) >= 11 is 0. The molecule has 1 heterocycles. The summed E-state index contributed by atoms with van der Waals surface area (Å²) < 4.78 is 10.7. The fourth-order valence-corrected chi connectivity index (χ4v) is 3.74. The molecule has 0 bridgehead atoms. The van der Waals surface area contributed by atoms with Crippen molar-refractivity contribution in [1.82, 2.24) is 0 Å². The maximum atomic E-state index is 12.8. The van der Waals surface area contributed by atoms with E-state index in [-0.39, 0.29) is 29.7 Å². The second-order valence-electron chi connectivity index (χ2n) is 6.49. The predicted molar refractivity (Wildman–Crippen MR) is 88.3 cm³/mol. The number of benzene rings is 1. The Balaban J connectivity index is 1.81. The lowest BCUT2D eigenvalue weighted by Gasteiger charge is -2.36. The number of hydrogen-bond donors (Lipinski definition) is 1. The van der Waals surface area contributed by atoms with Crippen LogP contribution in [0.3, 0.4) is 0 Å². The summed E-state index contributed by atoms with van der Waals surface area (Å²) in [6.45, 7) is 0. The number of rotatable bonds is 4. The molecule has 2 aliphatic rings. The monoisotopic (exact) mass is 348 g/mol. The van der Waals surface area contributed by atoms with E-state index in [1.165, 1.54) is 25.3 Å². The molecule has 0 radical (unpaired) electrons. The third-order valence-corrected chi connectivity index (χ3v) is 4.99. The number of nitro groups is 1. The second kappa shape index (κ2) is 6.70. The fraction of sp³-hybridized carbons (Fsp3) is 0.529. The van der Waals surface area contributed by atoms with Crippen LogP contribution in [-0.2, 0) is 14.3 Å². The van der Waals surface area contributed by atoms with E-state index in [4.69, 9.17) is 9.47 Å². The number of anilines is 1. The van der Waals surface area contributed by atoms with E-state index in [9.17, 15) is 19.7 Å². The van der Waals surface area contributed by atoms with Gasteiger partial charge in [0.25, 0.3) is 5.69 Å². The highest BCUT2D eigenvalue weighted by atomic mass is 16.6. The predicted octanol–water partition coefficient (Wildman–Crippen LogP) is 2.81. The van der Waals surface area contributed by atoms with Crippen molar-refractivity contribution >= 4 is 23.3 Å². The van der Waals surface area contributed by atoms with E-state index >= 15 is 0 Å². The van der Waals surface area contributed by atoms with E-state index in [0.29, 0.717) is 18.5 Å². The number of amides is 1. The molecule has 3 rings (SSSR count). The zero-order chi connectivity index (χ0) is 18.0. The first-order valence-electron chi connectivity index (χ1n) is 8.30. The molecule has 0 unspecified atom stereocenters. The molecule has 0 aromatic heterocycles. The Labute approximate surface area is 144 Å². The Bertz CT molecular complexity index is 711. The number of non-ortho nitro benzene ring substituents is 1. The van der Waals surface area contributed by atoms with Gasteiger partial charge in [-0.05, 0) is 31.7 Å². The molecule has 1 saturated carbocycles. The summed E-state index contributed by atoms with van der Waals surface area (Å²) in [7, 11) is 1.37. The molecule has 2 fully saturated rings. The Hall–Kier alpha value is -2.64. The molecule has 1 atom stereocenters. The highest BCUT2D eigenvalue weighted by molar-refractivity contribution is 5.98. The molecule has 1 aromatic carbocycles. The van der Waals surface area contributed by atoms with Crippen LogP contribution in [-0.4, -0.2) is 29.5 Å². The van der Waals surface area contributed by atoms with Crippen molar-refractivity contribution in [2.75, 3.05) is 12.4 Å². The minimum Gasteiger partial charge on any atom is -0.494 e. The molecule has 8 heteroatoms. The van der Waals surface area contributed by atoms with Crippen LogP contribution in [0.5, 0.6) is 5.75 Å². The van der Waals surface area contributed by atoms with Gasteiger partial charge in [0, 0.05) is 6.07 Å². The lowest BCUT2D eigenvalue weighted by atomic mass is 9.75. The van der Waals surface area contributed by atoms with Crippen LogP contribution < -0.4 is 10.1 Å². The Morgan fingerprint density at radius 3 is 2.72 bits per heavy atom. The number of esters is 1. The molecule has 1 aliphatic heterocycles. The van der Waals surface area contributed by atoms with Crippen LogP contribution in [0.1, 0.15) is 38.5 Å². The second-order valence-corrected chi connectivity index (χ2v) is 6.49. The third kappa shape index (κ3) is 3.29. The first-order chi connectivity index (χ1) is 11.9. The molecule has 1 spiro atoms. The van der Waals surface area contributed by atoms with Crippen molar-refractivity contribution in [2.45, 2.75) is 44.1 Å². The lowest BCUT2D eigenvalue weighted by molar-refractivity contribution is -0.384. The largest absolute Gasteiger partial charge is 0.494 e. The average molecular weight is 348 g/mol. The molecule has 1 N–H and O–H groups in total. The summed E-state index contributed by atoms with van der Waals surface area (Å²) in [5.41, 5.74) is -0.505. The highest BCUT2D eigenvalue weighted by Gasteiger charge is 2.52. The van der Waals surface area contributed by atoms with Gasteiger partial charge >= 0.3 is 5.97 Å². The molecule has 134 valence electrons. The van der Waals surface area contributed by atoms with Gasteiger partial charge in [0.05, 0.1) is 36.1 Å². The van der Waals surface area contributed by atoms with Gasteiger partial charge in [0.15, 0.2) is 0 Å². The Morgan fingerprint density at radius 2 is 2.08 bits per heavy atom. The van der Waals surface area contributed by atoms with E-state index in [0.717, 1.165) is 19.3 Å². The van der Waals surface area contributed by atoms with Gasteiger partial charge < -0.3 is 14.8 Å².